The predicted octanol–water partition coefficient (Wildman–Crippen LogP) is 5.47. The fraction of sp³-hybridized carbons (Fsp3) is 0.483. The van der Waals surface area contributed by atoms with Crippen molar-refractivity contribution in [1.82, 2.24) is 15.3 Å². The van der Waals surface area contributed by atoms with Crippen molar-refractivity contribution >= 4 is 23.6 Å². The first kappa shape index (κ1) is 27.6. The van der Waals surface area contributed by atoms with Crippen molar-refractivity contribution in [2.24, 2.45) is 5.41 Å². The average Bonchev–Trinajstić information content (AvgIpc) is 3.64. The van der Waals surface area contributed by atoms with Crippen LogP contribution in [0.3, 0.4) is 0 Å². The molecule has 0 radical (unpaired) electrons. The van der Waals surface area contributed by atoms with Gasteiger partial charge in [0.15, 0.2) is 6.23 Å². The number of hydroxylamine groups is 2. The lowest BCUT2D eigenvalue weighted by molar-refractivity contribution is -0.122. The summed E-state index contributed by atoms with van der Waals surface area (Å²) in [6, 6.07) is 17.8. The van der Waals surface area contributed by atoms with Crippen LogP contribution in [0.15, 0.2) is 60.7 Å². The maximum absolute atomic E-state index is 13.3. The standard InChI is InChI=1S/C29H38N4O5/c1-5-6-17-23(25(34)26-33(38-26)20(2)21-13-9-7-10-14-21)31-28(36)37-24-18-29(3,4)19-32(24)27(35)30-22-15-11-8-12-16-22/h7-16,20,23-24,26H,5-6,17-19H2,1-4H3,(H,30,35)(H,31,36)/t20-,23+,24?,26?,33?/m1/s1. The normalized spacial score (nSPS) is 23.3. The predicted molar refractivity (Wildman–Crippen MR) is 144 cm³/mol. The minimum absolute atomic E-state index is 0.0960. The van der Waals surface area contributed by atoms with Crippen LogP contribution in [0.1, 0.15) is 65.0 Å². The van der Waals surface area contributed by atoms with Crippen molar-refractivity contribution in [1.29, 1.82) is 0 Å². The van der Waals surface area contributed by atoms with Crippen LogP contribution in [0.2, 0.25) is 0 Å². The van der Waals surface area contributed by atoms with E-state index in [4.69, 9.17) is 9.57 Å². The van der Waals surface area contributed by atoms with Gasteiger partial charge in [0.25, 0.3) is 0 Å². The summed E-state index contributed by atoms with van der Waals surface area (Å²) in [5, 5.41) is 7.27. The summed E-state index contributed by atoms with van der Waals surface area (Å²) in [5.74, 6) is -0.205. The number of ether oxygens (including phenoxy) is 1. The number of unbranched alkanes of at least 4 members (excludes halogenated alkanes) is 1. The fourth-order valence-electron chi connectivity index (χ4n) is 4.84. The zero-order valence-electron chi connectivity index (χ0n) is 22.6. The molecule has 2 saturated heterocycles. The van der Waals surface area contributed by atoms with Crippen LogP contribution in [-0.2, 0) is 14.4 Å². The Morgan fingerprint density at radius 1 is 1.08 bits per heavy atom. The number of alkyl carbamates (subject to hydrolysis) is 1. The van der Waals surface area contributed by atoms with E-state index >= 15 is 0 Å². The first-order valence-corrected chi connectivity index (χ1v) is 13.3. The Morgan fingerprint density at radius 2 is 1.74 bits per heavy atom. The number of nitrogens with one attached hydrogen (secondary N) is 2. The van der Waals surface area contributed by atoms with Crippen molar-refractivity contribution in [2.75, 3.05) is 11.9 Å². The quantitative estimate of drug-likeness (QED) is 0.402. The van der Waals surface area contributed by atoms with E-state index in [0.29, 0.717) is 25.1 Å². The van der Waals surface area contributed by atoms with Gasteiger partial charge in [-0.1, -0.05) is 82.1 Å². The molecule has 0 spiro atoms. The molecule has 5 atom stereocenters. The molecule has 0 aliphatic carbocycles. The van der Waals surface area contributed by atoms with Gasteiger partial charge in [-0.25, -0.2) is 9.59 Å². The lowest BCUT2D eigenvalue weighted by Gasteiger charge is -2.26. The van der Waals surface area contributed by atoms with E-state index < -0.39 is 24.6 Å². The van der Waals surface area contributed by atoms with E-state index in [1.807, 2.05) is 76.2 Å². The summed E-state index contributed by atoms with van der Waals surface area (Å²) in [4.78, 5) is 46.5. The Morgan fingerprint density at radius 3 is 2.39 bits per heavy atom. The maximum Gasteiger partial charge on any atom is 0.409 e. The number of urea groups is 1. The number of amides is 3. The Kier molecular flexibility index (Phi) is 8.69. The average molecular weight is 523 g/mol. The van der Waals surface area contributed by atoms with Gasteiger partial charge in [0.05, 0.1) is 12.1 Å². The Hall–Kier alpha value is -3.43. The molecular formula is C29H38N4O5. The van der Waals surface area contributed by atoms with Gasteiger partial charge in [0.1, 0.15) is 0 Å². The number of nitrogens with zero attached hydrogens (tertiary/aromatic N) is 2. The molecular weight excluding hydrogens is 484 g/mol. The number of para-hydroxylation sites is 1. The summed E-state index contributed by atoms with van der Waals surface area (Å²) < 4.78 is 5.73. The van der Waals surface area contributed by atoms with Crippen LogP contribution in [-0.4, -0.2) is 52.9 Å². The third-order valence-electron chi connectivity index (χ3n) is 7.00. The molecule has 204 valence electrons. The van der Waals surface area contributed by atoms with Crippen molar-refractivity contribution in [3.05, 3.63) is 66.2 Å². The molecule has 0 bridgehead atoms. The van der Waals surface area contributed by atoms with Gasteiger partial charge in [-0.2, -0.15) is 0 Å². The Labute approximate surface area is 224 Å². The third-order valence-corrected chi connectivity index (χ3v) is 7.00. The molecule has 2 N–H and O–H groups in total. The van der Waals surface area contributed by atoms with Crippen molar-refractivity contribution < 1.29 is 24.0 Å². The highest BCUT2D eigenvalue weighted by molar-refractivity contribution is 5.92. The maximum atomic E-state index is 13.3. The first-order chi connectivity index (χ1) is 18.2. The summed E-state index contributed by atoms with van der Waals surface area (Å²) in [5.41, 5.74) is 1.47. The number of carbonyl (C=O) groups excluding carboxylic acids is 3. The Bertz CT molecular complexity index is 1110. The van der Waals surface area contributed by atoms with Gasteiger partial charge in [0, 0.05) is 18.7 Å². The second-order valence-corrected chi connectivity index (χ2v) is 10.8. The highest BCUT2D eigenvalue weighted by atomic mass is 16.8. The van der Waals surface area contributed by atoms with E-state index in [0.717, 1.165) is 18.4 Å². The second-order valence-electron chi connectivity index (χ2n) is 10.8. The van der Waals surface area contributed by atoms with Crippen LogP contribution in [0, 0.1) is 5.41 Å². The second kappa shape index (κ2) is 12.0. The van der Waals surface area contributed by atoms with Gasteiger partial charge in [-0.15, -0.1) is 5.06 Å². The fourth-order valence-corrected chi connectivity index (χ4v) is 4.84. The molecule has 2 heterocycles. The smallest absolute Gasteiger partial charge is 0.409 e. The molecule has 3 unspecified atom stereocenters. The molecule has 9 nitrogen and oxygen atoms in total. The minimum atomic E-state index is -0.749. The van der Waals surface area contributed by atoms with E-state index in [-0.39, 0.29) is 23.3 Å². The zero-order valence-corrected chi connectivity index (χ0v) is 22.6. The molecule has 0 saturated carbocycles. The zero-order chi connectivity index (χ0) is 27.3. The topological polar surface area (TPSA) is 103 Å². The number of hydrogen-bond donors (Lipinski definition) is 2. The molecule has 9 heteroatoms. The third kappa shape index (κ3) is 6.90. The molecule has 2 fully saturated rings. The number of hydrogen-bond acceptors (Lipinski definition) is 6. The van der Waals surface area contributed by atoms with Gasteiger partial charge in [-0.05, 0) is 36.5 Å². The molecule has 38 heavy (non-hydrogen) atoms. The monoisotopic (exact) mass is 522 g/mol. The highest BCUT2D eigenvalue weighted by Crippen LogP contribution is 2.36. The van der Waals surface area contributed by atoms with Gasteiger partial charge in [0.2, 0.25) is 12.0 Å². The number of ketones is 1. The van der Waals surface area contributed by atoms with Crippen molar-refractivity contribution in [3.8, 4) is 0 Å². The van der Waals surface area contributed by atoms with E-state index in [9.17, 15) is 14.4 Å². The molecule has 3 amide bonds. The number of carbonyl (C=O) groups is 3. The largest absolute Gasteiger partial charge is 0.425 e. The number of Topliss-reactive ketones (excluding diaryl/α,β-unsaturated/α-hetero) is 1. The van der Waals surface area contributed by atoms with Crippen molar-refractivity contribution in [2.45, 2.75) is 77.9 Å². The Balaban J connectivity index is 1.37. The van der Waals surface area contributed by atoms with Crippen LogP contribution in [0.25, 0.3) is 0 Å². The number of benzene rings is 2. The molecule has 2 aliphatic heterocycles. The lowest BCUT2D eigenvalue weighted by atomic mass is 9.93. The van der Waals surface area contributed by atoms with E-state index in [2.05, 4.69) is 10.6 Å². The molecule has 2 aliphatic rings. The van der Waals surface area contributed by atoms with Crippen LogP contribution < -0.4 is 10.6 Å². The van der Waals surface area contributed by atoms with Gasteiger partial charge < -0.3 is 15.4 Å². The van der Waals surface area contributed by atoms with E-state index in [1.165, 1.54) is 4.90 Å². The SMILES string of the molecule is CCCC[C@H](NC(=O)OC1CC(C)(C)CN1C(=O)Nc1ccccc1)C(=O)C1ON1[C@H](C)c1ccccc1. The summed E-state index contributed by atoms with van der Waals surface area (Å²) >= 11 is 0. The summed E-state index contributed by atoms with van der Waals surface area (Å²) in [7, 11) is 0. The number of likely N-dealkylation sites (tertiary alicyclic amines) is 1. The summed E-state index contributed by atoms with van der Waals surface area (Å²) in [6.07, 6.45) is 0.424. The lowest BCUT2D eigenvalue weighted by Crippen LogP contribution is -2.47. The van der Waals surface area contributed by atoms with Gasteiger partial charge >= 0.3 is 12.1 Å². The molecule has 2 aromatic carbocycles. The molecule has 4 rings (SSSR count). The molecule has 2 aromatic rings. The first-order valence-electron chi connectivity index (χ1n) is 13.3. The van der Waals surface area contributed by atoms with Crippen molar-refractivity contribution in [3.63, 3.8) is 0 Å². The van der Waals surface area contributed by atoms with Crippen LogP contribution in [0.4, 0.5) is 15.3 Å². The highest BCUT2D eigenvalue weighted by Gasteiger charge is 2.49. The number of rotatable bonds is 10. The minimum Gasteiger partial charge on any atom is -0.425 e. The molecule has 0 aromatic heterocycles. The van der Waals surface area contributed by atoms with Gasteiger partial charge in [-0.3, -0.25) is 14.5 Å². The number of anilines is 1. The van der Waals surface area contributed by atoms with Crippen LogP contribution in [0.5, 0.6) is 0 Å². The van der Waals surface area contributed by atoms with E-state index in [1.54, 1.807) is 17.2 Å². The summed E-state index contributed by atoms with van der Waals surface area (Å²) in [6.45, 7) is 8.49. The van der Waals surface area contributed by atoms with Crippen LogP contribution >= 0.6 is 0 Å².